The number of pyridine rings is 1. The Hall–Kier alpha value is -1.02. The van der Waals surface area contributed by atoms with Gasteiger partial charge in [-0.3, -0.25) is 4.72 Å². The second kappa shape index (κ2) is 6.39. The summed E-state index contributed by atoms with van der Waals surface area (Å²) in [4.78, 5) is 3.78. The molecule has 0 aliphatic carbocycles. The summed E-state index contributed by atoms with van der Waals surface area (Å²) in [6.45, 7) is 0. The van der Waals surface area contributed by atoms with Crippen LogP contribution >= 0.6 is 39.1 Å². The van der Waals surface area contributed by atoms with Crippen molar-refractivity contribution < 1.29 is 13.2 Å². The minimum Gasteiger partial charge on any atom is -0.480 e. The summed E-state index contributed by atoms with van der Waals surface area (Å²) < 4.78 is 32.7. The molecule has 1 N–H and O–H groups in total. The first-order valence-electron chi connectivity index (χ1n) is 5.51. The first-order valence-corrected chi connectivity index (χ1v) is 8.54. The van der Waals surface area contributed by atoms with E-state index in [0.717, 1.165) is 0 Å². The second-order valence-electron chi connectivity index (χ2n) is 3.89. The molecular weight excluding hydrogens is 403 g/mol. The maximum absolute atomic E-state index is 12.4. The van der Waals surface area contributed by atoms with Gasteiger partial charge in [0, 0.05) is 15.7 Å². The van der Waals surface area contributed by atoms with Gasteiger partial charge >= 0.3 is 0 Å². The third-order valence-corrected chi connectivity index (χ3v) is 4.80. The Bertz CT molecular complexity index is 784. The quantitative estimate of drug-likeness (QED) is 0.826. The van der Waals surface area contributed by atoms with E-state index in [1.807, 2.05) is 0 Å². The molecule has 0 aliphatic heterocycles. The van der Waals surface area contributed by atoms with Gasteiger partial charge in [0.05, 0.1) is 17.8 Å². The van der Waals surface area contributed by atoms with Crippen molar-refractivity contribution in [1.29, 1.82) is 0 Å². The van der Waals surface area contributed by atoms with Gasteiger partial charge in [0.25, 0.3) is 10.0 Å². The largest absolute Gasteiger partial charge is 0.480 e. The van der Waals surface area contributed by atoms with Crippen molar-refractivity contribution in [2.45, 2.75) is 4.90 Å². The first-order chi connectivity index (χ1) is 9.83. The number of nitrogens with zero attached hydrogens (tertiary/aromatic N) is 1. The van der Waals surface area contributed by atoms with Gasteiger partial charge < -0.3 is 4.74 Å². The van der Waals surface area contributed by atoms with Gasteiger partial charge in [0.2, 0.25) is 5.88 Å². The molecule has 1 heterocycles. The van der Waals surface area contributed by atoms with Crippen LogP contribution in [0.1, 0.15) is 0 Å². The normalized spacial score (nSPS) is 11.2. The van der Waals surface area contributed by atoms with Crippen LogP contribution in [0.3, 0.4) is 0 Å². The highest BCUT2D eigenvalue weighted by Crippen LogP contribution is 2.30. The lowest BCUT2D eigenvalue weighted by Gasteiger charge is -2.12. The minimum atomic E-state index is -3.93. The average Bonchev–Trinajstić information content (AvgIpc) is 2.42. The fourth-order valence-corrected chi connectivity index (χ4v) is 3.62. The monoisotopic (exact) mass is 410 g/mol. The van der Waals surface area contributed by atoms with Crippen LogP contribution in [0.2, 0.25) is 10.0 Å². The molecule has 0 saturated heterocycles. The number of sulfonamides is 1. The van der Waals surface area contributed by atoms with Crippen molar-refractivity contribution in [2.75, 3.05) is 11.8 Å². The molecule has 21 heavy (non-hydrogen) atoms. The highest BCUT2D eigenvalue weighted by atomic mass is 79.9. The Morgan fingerprint density at radius 2 is 2.00 bits per heavy atom. The summed E-state index contributed by atoms with van der Waals surface area (Å²) in [6.07, 6.45) is 1.43. The van der Waals surface area contributed by atoms with Crippen molar-refractivity contribution in [1.82, 2.24) is 4.98 Å². The topological polar surface area (TPSA) is 68.3 Å². The zero-order valence-electron chi connectivity index (χ0n) is 10.6. The molecular formula is C12H9BrCl2N2O3S. The number of hydrogen-bond acceptors (Lipinski definition) is 4. The fourth-order valence-electron chi connectivity index (χ4n) is 1.53. The molecule has 0 atom stereocenters. The lowest BCUT2D eigenvalue weighted by molar-refractivity contribution is 0.385. The van der Waals surface area contributed by atoms with Crippen molar-refractivity contribution in [2.24, 2.45) is 0 Å². The summed E-state index contributed by atoms with van der Waals surface area (Å²) in [5, 5.41) is 0.585. The second-order valence-corrected chi connectivity index (χ2v) is 7.30. The van der Waals surface area contributed by atoms with Crippen LogP contribution in [0.25, 0.3) is 0 Å². The Kier molecular flexibility index (Phi) is 4.98. The van der Waals surface area contributed by atoms with E-state index in [1.54, 1.807) is 6.07 Å². The molecule has 0 spiro atoms. The van der Waals surface area contributed by atoms with Gasteiger partial charge in [-0.1, -0.05) is 23.2 Å². The third kappa shape index (κ3) is 3.79. The van der Waals surface area contributed by atoms with Crippen molar-refractivity contribution in [3.8, 4) is 5.88 Å². The number of nitrogens with one attached hydrogen (secondary N) is 1. The Morgan fingerprint density at radius 1 is 1.29 bits per heavy atom. The van der Waals surface area contributed by atoms with Crippen LogP contribution in [-0.2, 0) is 10.0 Å². The van der Waals surface area contributed by atoms with E-state index in [4.69, 9.17) is 27.9 Å². The van der Waals surface area contributed by atoms with E-state index in [1.165, 1.54) is 31.5 Å². The van der Waals surface area contributed by atoms with E-state index in [9.17, 15) is 8.42 Å². The summed E-state index contributed by atoms with van der Waals surface area (Å²) in [5.74, 6) is -0.0242. The van der Waals surface area contributed by atoms with Gasteiger partial charge in [0.15, 0.2) is 4.90 Å². The van der Waals surface area contributed by atoms with Crippen LogP contribution in [0.15, 0.2) is 39.8 Å². The molecule has 0 aliphatic rings. The molecule has 112 valence electrons. The average molecular weight is 412 g/mol. The molecule has 9 heteroatoms. The van der Waals surface area contributed by atoms with Gasteiger partial charge in [-0.05, 0) is 40.2 Å². The number of aromatic nitrogens is 1. The number of anilines is 1. The van der Waals surface area contributed by atoms with Gasteiger partial charge in [-0.15, -0.1) is 0 Å². The number of benzene rings is 1. The highest BCUT2D eigenvalue weighted by molar-refractivity contribution is 9.10. The van der Waals surface area contributed by atoms with Crippen LogP contribution in [0.4, 0.5) is 5.69 Å². The van der Waals surface area contributed by atoms with Crippen LogP contribution < -0.4 is 9.46 Å². The Labute approximate surface area is 140 Å². The van der Waals surface area contributed by atoms with E-state index in [0.29, 0.717) is 9.50 Å². The summed E-state index contributed by atoms with van der Waals surface area (Å²) >= 11 is 15.0. The lowest BCUT2D eigenvalue weighted by Crippen LogP contribution is -2.15. The minimum absolute atomic E-state index is 0.0242. The Balaban J connectivity index is 2.48. The first kappa shape index (κ1) is 16.4. The summed E-state index contributed by atoms with van der Waals surface area (Å²) in [7, 11) is -2.59. The van der Waals surface area contributed by atoms with Gasteiger partial charge in [-0.25, -0.2) is 13.4 Å². The van der Waals surface area contributed by atoms with Crippen LogP contribution in [-0.4, -0.2) is 20.5 Å². The molecule has 0 amide bonds. The molecule has 2 aromatic rings. The SMILES string of the molecule is COc1ncc(Br)cc1S(=O)(=O)Nc1cc(Cl)ccc1Cl. The third-order valence-electron chi connectivity index (χ3n) is 2.44. The molecule has 0 unspecified atom stereocenters. The molecule has 0 radical (unpaired) electrons. The molecule has 0 bridgehead atoms. The zero-order chi connectivity index (χ0) is 15.6. The molecule has 2 rings (SSSR count). The lowest BCUT2D eigenvalue weighted by atomic mass is 10.3. The molecule has 1 aromatic heterocycles. The number of halogens is 3. The van der Waals surface area contributed by atoms with E-state index in [-0.39, 0.29) is 21.5 Å². The standard InChI is InChI=1S/C12H9BrCl2N2O3S/c1-20-12-11(4-7(13)6-16-12)21(18,19)17-10-5-8(14)2-3-9(10)15/h2-6,17H,1H3. The predicted molar refractivity (Wildman–Crippen MR) is 85.8 cm³/mol. The van der Waals surface area contributed by atoms with E-state index in [2.05, 4.69) is 25.6 Å². The number of methoxy groups -OCH3 is 1. The number of ether oxygens (including phenoxy) is 1. The fraction of sp³-hybridized carbons (Fsp3) is 0.0833. The van der Waals surface area contributed by atoms with Crippen molar-refractivity contribution >= 4 is 54.8 Å². The van der Waals surface area contributed by atoms with Crippen LogP contribution in [0.5, 0.6) is 5.88 Å². The Morgan fingerprint density at radius 3 is 2.67 bits per heavy atom. The zero-order valence-corrected chi connectivity index (χ0v) is 14.5. The highest BCUT2D eigenvalue weighted by Gasteiger charge is 2.22. The van der Waals surface area contributed by atoms with Crippen LogP contribution in [0, 0.1) is 0 Å². The van der Waals surface area contributed by atoms with Gasteiger partial charge in [-0.2, -0.15) is 0 Å². The maximum atomic E-state index is 12.4. The van der Waals surface area contributed by atoms with Crippen molar-refractivity contribution in [3.05, 3.63) is 45.0 Å². The molecule has 0 fully saturated rings. The van der Waals surface area contributed by atoms with E-state index >= 15 is 0 Å². The molecule has 0 saturated carbocycles. The smallest absolute Gasteiger partial charge is 0.267 e. The predicted octanol–water partition coefficient (Wildman–Crippen LogP) is 3.96. The van der Waals surface area contributed by atoms with Gasteiger partial charge in [0.1, 0.15) is 0 Å². The molecule has 1 aromatic carbocycles. The van der Waals surface area contributed by atoms with E-state index < -0.39 is 10.0 Å². The summed E-state index contributed by atoms with van der Waals surface area (Å²) in [5.41, 5.74) is 0.172. The van der Waals surface area contributed by atoms with Crippen molar-refractivity contribution in [3.63, 3.8) is 0 Å². The number of hydrogen-bond donors (Lipinski definition) is 1. The summed E-state index contributed by atoms with van der Waals surface area (Å²) in [6, 6.07) is 5.85. The maximum Gasteiger partial charge on any atom is 0.267 e. The number of rotatable bonds is 4. The molecule has 5 nitrogen and oxygen atoms in total.